The van der Waals surface area contributed by atoms with Crippen LogP contribution in [0, 0.1) is 0 Å². The van der Waals surface area contributed by atoms with Crippen LogP contribution in [0.25, 0.3) is 0 Å². The van der Waals surface area contributed by atoms with Gasteiger partial charge >= 0.3 is 11.6 Å². The predicted molar refractivity (Wildman–Crippen MR) is 63.9 cm³/mol. The van der Waals surface area contributed by atoms with Gasteiger partial charge in [-0.2, -0.15) is 5.10 Å². The molecule has 2 heterocycles. The van der Waals surface area contributed by atoms with Crippen molar-refractivity contribution in [1.29, 1.82) is 0 Å². The number of H-pyrrole nitrogens is 1. The molecule has 2 aromatic rings. The number of rotatable bonds is 3. The van der Waals surface area contributed by atoms with Gasteiger partial charge in [0.2, 0.25) is 0 Å². The van der Waals surface area contributed by atoms with Gasteiger partial charge in [-0.05, 0) is 19.1 Å². The maximum atomic E-state index is 12.0. The van der Waals surface area contributed by atoms with E-state index in [9.17, 15) is 4.79 Å². The molecule has 2 aromatic heterocycles. The van der Waals surface area contributed by atoms with E-state index in [2.05, 4.69) is 15.4 Å². The zero-order valence-electron chi connectivity index (χ0n) is 9.27. The Morgan fingerprint density at radius 2 is 2.24 bits per heavy atom. The highest BCUT2D eigenvalue weighted by Crippen LogP contribution is 2.13. The van der Waals surface area contributed by atoms with Crippen LogP contribution in [0.15, 0.2) is 30.7 Å². The summed E-state index contributed by atoms with van der Waals surface area (Å²) in [5.74, 6) is -0.246. The van der Waals surface area contributed by atoms with E-state index in [1.54, 1.807) is 35.4 Å². The molecule has 0 aliphatic rings. The molecule has 0 unspecified atom stereocenters. The lowest BCUT2D eigenvalue weighted by molar-refractivity contribution is -0.748. The minimum Gasteiger partial charge on any atom is -0.317 e. The van der Waals surface area contributed by atoms with Gasteiger partial charge in [0.25, 0.3) is 0 Å². The van der Waals surface area contributed by atoms with Crippen molar-refractivity contribution in [2.45, 2.75) is 13.5 Å². The van der Waals surface area contributed by atoms with Crippen molar-refractivity contribution in [3.8, 4) is 0 Å². The number of nitrogens with one attached hydrogen (secondary N) is 2. The minimum atomic E-state index is -0.246. The first-order valence-corrected chi connectivity index (χ1v) is 5.58. The molecule has 0 atom stereocenters. The molecule has 0 radical (unpaired) electrons. The zero-order valence-corrected chi connectivity index (χ0v) is 10.0. The number of carbonyl (C=O) groups excluding carboxylic acids is 1. The molecule has 0 aliphatic carbocycles. The van der Waals surface area contributed by atoms with Gasteiger partial charge in [-0.1, -0.05) is 11.6 Å². The highest BCUT2D eigenvalue weighted by molar-refractivity contribution is 6.33. The fraction of sp³-hybridized carbons (Fsp3) is 0.182. The van der Waals surface area contributed by atoms with Gasteiger partial charge in [0.1, 0.15) is 5.02 Å². The lowest BCUT2D eigenvalue weighted by Gasteiger charge is -2.01. The topological polar surface area (TPSA) is 61.7 Å². The number of anilines is 1. The molecule has 0 spiro atoms. The average Bonchev–Trinajstić information content (AvgIpc) is 2.71. The van der Waals surface area contributed by atoms with Crippen LogP contribution in [0.5, 0.6) is 0 Å². The quantitative estimate of drug-likeness (QED) is 0.815. The fourth-order valence-electron chi connectivity index (χ4n) is 1.50. The molecule has 88 valence electrons. The maximum Gasteiger partial charge on any atom is 0.324 e. The van der Waals surface area contributed by atoms with Gasteiger partial charge in [0.05, 0.1) is 6.20 Å². The van der Waals surface area contributed by atoms with E-state index >= 15 is 0 Å². The second kappa shape index (κ2) is 4.97. The van der Waals surface area contributed by atoms with Crippen molar-refractivity contribution >= 4 is 23.2 Å². The van der Waals surface area contributed by atoms with Crippen LogP contribution in [0.2, 0.25) is 5.02 Å². The fourth-order valence-corrected chi connectivity index (χ4v) is 1.74. The largest absolute Gasteiger partial charge is 0.324 e. The van der Waals surface area contributed by atoms with E-state index < -0.39 is 0 Å². The molecule has 0 bridgehead atoms. The zero-order chi connectivity index (χ0) is 12.3. The standard InChI is InChI=1S/C11H11ClN4O/c1-2-16-10(9(12)7-14-16)11(17)15-8-3-5-13-6-4-8/h3-7H,2H2,1H3,(H,13,15,17)/p+1. The molecule has 6 heteroatoms. The predicted octanol–water partition coefficient (Wildman–Crippen LogP) is 1.62. The molecule has 5 nitrogen and oxygen atoms in total. The minimum absolute atomic E-state index is 0.246. The Labute approximate surface area is 103 Å². The first kappa shape index (κ1) is 11.6. The Kier molecular flexibility index (Phi) is 3.39. The summed E-state index contributed by atoms with van der Waals surface area (Å²) in [6.45, 7) is 2.57. The van der Waals surface area contributed by atoms with E-state index in [4.69, 9.17) is 11.6 Å². The second-order valence-electron chi connectivity index (χ2n) is 3.40. The number of pyridine rings is 1. The number of hydrogen-bond donors (Lipinski definition) is 2. The van der Waals surface area contributed by atoms with Crippen molar-refractivity contribution in [3.05, 3.63) is 41.4 Å². The van der Waals surface area contributed by atoms with Gasteiger partial charge in [0.15, 0.2) is 6.54 Å². The van der Waals surface area contributed by atoms with Crippen LogP contribution in [-0.2, 0) is 6.54 Å². The van der Waals surface area contributed by atoms with Gasteiger partial charge < -0.3 is 5.32 Å². The number of nitrogens with zero attached hydrogens (tertiary/aromatic N) is 2. The number of halogens is 1. The molecule has 17 heavy (non-hydrogen) atoms. The third-order valence-corrected chi connectivity index (χ3v) is 2.60. The monoisotopic (exact) mass is 251 g/mol. The summed E-state index contributed by atoms with van der Waals surface area (Å²) in [7, 11) is 0. The normalized spacial score (nSPS) is 10.2. The number of carbonyl (C=O) groups is 1. The van der Waals surface area contributed by atoms with Crippen molar-refractivity contribution in [1.82, 2.24) is 10.1 Å². The van der Waals surface area contributed by atoms with Crippen LogP contribution in [-0.4, -0.2) is 16.0 Å². The number of aromatic amines is 1. The molecule has 0 aromatic carbocycles. The van der Waals surface area contributed by atoms with Crippen LogP contribution in [0.4, 0.5) is 5.69 Å². The van der Waals surface area contributed by atoms with E-state index in [-0.39, 0.29) is 5.91 Å². The van der Waals surface area contributed by atoms with E-state index in [1.807, 2.05) is 6.92 Å². The molecule has 2 rings (SSSR count). The first-order valence-electron chi connectivity index (χ1n) is 5.20. The van der Waals surface area contributed by atoms with Gasteiger partial charge in [-0.25, -0.2) is 0 Å². The summed E-state index contributed by atoms with van der Waals surface area (Å²) in [6, 6.07) is 3.43. The Morgan fingerprint density at radius 3 is 2.88 bits per heavy atom. The first-order chi connectivity index (χ1) is 8.22. The summed E-state index contributed by atoms with van der Waals surface area (Å²) >= 11 is 5.96. The second-order valence-corrected chi connectivity index (χ2v) is 3.81. The van der Waals surface area contributed by atoms with E-state index in [1.165, 1.54) is 0 Å². The Balaban J connectivity index is 2.23. The van der Waals surface area contributed by atoms with Crippen LogP contribution < -0.4 is 10.00 Å². The number of aromatic nitrogens is 3. The molecule has 0 saturated carbocycles. The van der Waals surface area contributed by atoms with Crippen molar-refractivity contribution in [3.63, 3.8) is 0 Å². The van der Waals surface area contributed by atoms with Crippen LogP contribution >= 0.6 is 11.6 Å². The average molecular weight is 252 g/mol. The smallest absolute Gasteiger partial charge is 0.317 e. The van der Waals surface area contributed by atoms with Crippen molar-refractivity contribution in [2.75, 3.05) is 5.32 Å². The number of hydrogen-bond acceptors (Lipinski definition) is 2. The molecular weight excluding hydrogens is 240 g/mol. The molecule has 0 saturated heterocycles. The molecule has 2 N–H and O–H groups in total. The summed E-state index contributed by atoms with van der Waals surface area (Å²) in [5.41, 5.74) is 1.11. The van der Waals surface area contributed by atoms with E-state index in [0.29, 0.717) is 22.9 Å². The third kappa shape index (κ3) is 2.45. The summed E-state index contributed by atoms with van der Waals surface area (Å²) in [4.78, 5) is 15.9. The maximum absolute atomic E-state index is 12.0. The lowest BCUT2D eigenvalue weighted by Crippen LogP contribution is -2.41. The molecule has 0 fully saturated rings. The van der Waals surface area contributed by atoms with Crippen LogP contribution in [0.3, 0.4) is 0 Å². The summed E-state index contributed by atoms with van der Waals surface area (Å²) in [5, 5.41) is 6.06. The Hall–Kier alpha value is -1.88. The van der Waals surface area contributed by atoms with E-state index in [0.717, 1.165) is 0 Å². The summed E-state index contributed by atoms with van der Waals surface area (Å²) in [6.07, 6.45) is 4.82. The Bertz CT molecular complexity index is 524. The SMILES string of the molecule is CC[n+]1[nH]cc(Cl)c1C(=O)Nc1ccncc1. The van der Waals surface area contributed by atoms with Gasteiger partial charge in [-0.3, -0.25) is 9.78 Å². The Morgan fingerprint density at radius 1 is 1.53 bits per heavy atom. The molecular formula is C11H12ClN4O+. The third-order valence-electron chi connectivity index (χ3n) is 2.31. The highest BCUT2D eigenvalue weighted by Gasteiger charge is 2.25. The molecule has 1 amide bonds. The molecule has 0 aliphatic heterocycles. The van der Waals surface area contributed by atoms with Crippen molar-refractivity contribution < 1.29 is 9.48 Å². The number of amides is 1. The van der Waals surface area contributed by atoms with Gasteiger partial charge in [0, 0.05) is 18.1 Å². The number of aryl methyl sites for hydroxylation is 1. The van der Waals surface area contributed by atoms with Crippen molar-refractivity contribution in [2.24, 2.45) is 0 Å². The van der Waals surface area contributed by atoms with Gasteiger partial charge in [-0.15, -0.1) is 4.68 Å². The lowest BCUT2D eigenvalue weighted by atomic mass is 10.3. The van der Waals surface area contributed by atoms with Crippen LogP contribution in [0.1, 0.15) is 17.4 Å². The summed E-state index contributed by atoms with van der Waals surface area (Å²) < 4.78 is 1.68. The highest BCUT2D eigenvalue weighted by atomic mass is 35.5.